The summed E-state index contributed by atoms with van der Waals surface area (Å²) < 4.78 is 1.16. The molecule has 0 saturated carbocycles. The maximum atomic E-state index is 11.8. The van der Waals surface area contributed by atoms with Gasteiger partial charge in [0.15, 0.2) is 6.54 Å². The third-order valence-electron chi connectivity index (χ3n) is 3.07. The Labute approximate surface area is 133 Å². The first-order valence-electron chi connectivity index (χ1n) is 7.27. The van der Waals surface area contributed by atoms with E-state index in [4.69, 9.17) is 0 Å². The van der Waals surface area contributed by atoms with Crippen molar-refractivity contribution >= 4 is 33.4 Å². The fourth-order valence-corrected chi connectivity index (χ4v) is 3.17. The van der Waals surface area contributed by atoms with Crippen LogP contribution in [0.2, 0.25) is 0 Å². The molecule has 1 unspecified atom stereocenters. The van der Waals surface area contributed by atoms with Crippen molar-refractivity contribution in [1.29, 1.82) is 0 Å². The van der Waals surface area contributed by atoms with Gasteiger partial charge < -0.3 is 15.5 Å². The van der Waals surface area contributed by atoms with Crippen LogP contribution in [0.4, 0.5) is 0 Å². The monoisotopic (exact) mass is 321 g/mol. The van der Waals surface area contributed by atoms with Gasteiger partial charge in [-0.2, -0.15) is 0 Å². The van der Waals surface area contributed by atoms with Gasteiger partial charge in [0.05, 0.1) is 23.8 Å². The minimum atomic E-state index is -0.167. The van der Waals surface area contributed by atoms with E-state index < -0.39 is 0 Å². The van der Waals surface area contributed by atoms with Crippen molar-refractivity contribution in [2.24, 2.45) is 0 Å². The van der Waals surface area contributed by atoms with E-state index in [0.29, 0.717) is 19.6 Å². The summed E-state index contributed by atoms with van der Waals surface area (Å²) in [5, 5.41) is 6.27. The van der Waals surface area contributed by atoms with E-state index in [1.807, 2.05) is 38.2 Å². The maximum absolute atomic E-state index is 11.8. The van der Waals surface area contributed by atoms with E-state index in [9.17, 15) is 9.59 Å². The Morgan fingerprint density at radius 2 is 2.00 bits per heavy atom. The molecule has 1 aromatic carbocycles. The van der Waals surface area contributed by atoms with Gasteiger partial charge in [-0.3, -0.25) is 9.59 Å². The number of nitrogens with zero attached hydrogens (tertiary/aromatic N) is 1. The summed E-state index contributed by atoms with van der Waals surface area (Å²) in [4.78, 5) is 28.7. The summed E-state index contributed by atoms with van der Waals surface area (Å²) in [5.41, 5.74) is 0.996. The molecule has 0 aliphatic rings. The lowest BCUT2D eigenvalue weighted by atomic mass is 10.3. The van der Waals surface area contributed by atoms with Gasteiger partial charge in [-0.25, -0.2) is 4.98 Å². The van der Waals surface area contributed by atoms with Gasteiger partial charge in [-0.15, -0.1) is 11.3 Å². The fraction of sp³-hybridized carbons (Fsp3) is 0.400. The normalized spacial score (nSPS) is 12.1. The van der Waals surface area contributed by atoms with Crippen LogP contribution in [0, 0.1) is 0 Å². The first kappa shape index (κ1) is 16.4. The van der Waals surface area contributed by atoms with E-state index >= 15 is 0 Å². The van der Waals surface area contributed by atoms with Crippen molar-refractivity contribution in [3.63, 3.8) is 0 Å². The zero-order chi connectivity index (χ0) is 15.9. The standard InChI is InChI=1S/C15H20N4O2S/c1-3-16-13(20)8-17-14(21)9-19(2)10-15-18-11-6-4-5-7-12(11)22-15/h4-7H,3,8-10H2,1-2H3,(H,16,20)(H,17,21)/p+1. The average molecular weight is 321 g/mol. The van der Waals surface area contributed by atoms with E-state index in [2.05, 4.69) is 15.6 Å². The molecule has 2 aromatic rings. The molecule has 6 nitrogen and oxygen atoms in total. The highest BCUT2D eigenvalue weighted by molar-refractivity contribution is 7.18. The summed E-state index contributed by atoms with van der Waals surface area (Å²) >= 11 is 1.65. The Morgan fingerprint density at radius 1 is 1.23 bits per heavy atom. The lowest BCUT2D eigenvalue weighted by Crippen LogP contribution is -3.08. The quantitative estimate of drug-likeness (QED) is 0.647. The number of para-hydroxylation sites is 1. The van der Waals surface area contributed by atoms with E-state index in [1.165, 1.54) is 0 Å². The van der Waals surface area contributed by atoms with E-state index in [-0.39, 0.29) is 18.4 Å². The number of rotatable bonds is 7. The van der Waals surface area contributed by atoms with Gasteiger partial charge in [0.2, 0.25) is 5.91 Å². The van der Waals surface area contributed by atoms with Crippen LogP contribution in [0.3, 0.4) is 0 Å². The summed E-state index contributed by atoms with van der Waals surface area (Å²) in [5.74, 6) is -0.301. The third kappa shape index (κ3) is 4.78. The molecule has 1 aromatic heterocycles. The number of carbonyl (C=O) groups is 2. The van der Waals surface area contributed by atoms with Crippen LogP contribution >= 0.6 is 11.3 Å². The number of fused-ring (bicyclic) bond motifs is 1. The molecule has 1 atom stereocenters. The van der Waals surface area contributed by atoms with Gasteiger partial charge in [0.1, 0.15) is 11.6 Å². The molecule has 0 bridgehead atoms. The number of thiazole rings is 1. The highest BCUT2D eigenvalue weighted by atomic mass is 32.1. The molecule has 0 spiro atoms. The molecule has 118 valence electrons. The molecule has 22 heavy (non-hydrogen) atoms. The Hall–Kier alpha value is -1.99. The number of amides is 2. The van der Waals surface area contributed by atoms with E-state index in [0.717, 1.165) is 20.1 Å². The SMILES string of the molecule is CCNC(=O)CNC(=O)C[NH+](C)Cc1nc2ccccc2s1. The van der Waals surface area contributed by atoms with Crippen LogP contribution < -0.4 is 15.5 Å². The highest BCUT2D eigenvalue weighted by Crippen LogP contribution is 2.20. The van der Waals surface area contributed by atoms with Crippen molar-refractivity contribution < 1.29 is 14.5 Å². The molecule has 7 heteroatoms. The lowest BCUT2D eigenvalue weighted by Gasteiger charge is -2.12. The topological polar surface area (TPSA) is 75.5 Å². The molecular formula is C15H21N4O2S+. The van der Waals surface area contributed by atoms with Gasteiger partial charge in [-0.05, 0) is 19.1 Å². The van der Waals surface area contributed by atoms with Gasteiger partial charge in [0, 0.05) is 6.54 Å². The smallest absolute Gasteiger partial charge is 0.275 e. The fourth-order valence-electron chi connectivity index (χ4n) is 2.09. The largest absolute Gasteiger partial charge is 0.355 e. The number of quaternary nitrogens is 1. The molecule has 1 heterocycles. The molecule has 2 amide bonds. The molecule has 0 radical (unpaired) electrons. The Morgan fingerprint density at radius 3 is 2.73 bits per heavy atom. The first-order chi connectivity index (χ1) is 10.6. The predicted octanol–water partition coefficient (Wildman–Crippen LogP) is -0.437. The van der Waals surface area contributed by atoms with Crippen LogP contribution in [0.25, 0.3) is 10.2 Å². The minimum Gasteiger partial charge on any atom is -0.355 e. The van der Waals surface area contributed by atoms with Gasteiger partial charge >= 0.3 is 0 Å². The Balaban J connectivity index is 1.80. The van der Waals surface area contributed by atoms with Gasteiger partial charge in [0.25, 0.3) is 5.91 Å². The second-order valence-electron chi connectivity index (χ2n) is 5.12. The number of aromatic nitrogens is 1. The van der Waals surface area contributed by atoms with Crippen LogP contribution in [0.5, 0.6) is 0 Å². The van der Waals surface area contributed by atoms with Crippen molar-refractivity contribution in [3.05, 3.63) is 29.3 Å². The number of hydrogen-bond acceptors (Lipinski definition) is 4. The third-order valence-corrected chi connectivity index (χ3v) is 4.11. The second kappa shape index (κ2) is 7.86. The zero-order valence-corrected chi connectivity index (χ0v) is 13.6. The van der Waals surface area contributed by atoms with Crippen LogP contribution in [-0.4, -0.2) is 43.5 Å². The van der Waals surface area contributed by atoms with Crippen molar-refractivity contribution in [2.45, 2.75) is 13.5 Å². The summed E-state index contributed by atoms with van der Waals surface area (Å²) in [6.07, 6.45) is 0. The minimum absolute atomic E-state index is 0.0289. The number of hydrogen-bond donors (Lipinski definition) is 3. The number of likely N-dealkylation sites (N-methyl/N-ethyl adjacent to an activating group) is 2. The summed E-state index contributed by atoms with van der Waals surface area (Å²) in [7, 11) is 1.94. The summed E-state index contributed by atoms with van der Waals surface area (Å²) in [6.45, 7) is 3.44. The number of benzene rings is 1. The predicted molar refractivity (Wildman–Crippen MR) is 86.8 cm³/mol. The van der Waals surface area contributed by atoms with Crippen LogP contribution in [-0.2, 0) is 16.1 Å². The van der Waals surface area contributed by atoms with Crippen molar-refractivity contribution in [1.82, 2.24) is 15.6 Å². The molecule has 3 N–H and O–H groups in total. The average Bonchev–Trinajstić information content (AvgIpc) is 2.87. The molecule has 0 aliphatic heterocycles. The summed E-state index contributed by atoms with van der Waals surface area (Å²) in [6, 6.07) is 8.00. The highest BCUT2D eigenvalue weighted by Gasteiger charge is 2.13. The van der Waals surface area contributed by atoms with E-state index in [1.54, 1.807) is 11.3 Å². The Bertz CT molecular complexity index is 623. The number of carbonyl (C=O) groups excluding carboxylic acids is 2. The first-order valence-corrected chi connectivity index (χ1v) is 8.09. The second-order valence-corrected chi connectivity index (χ2v) is 6.23. The lowest BCUT2D eigenvalue weighted by molar-refractivity contribution is -0.885. The zero-order valence-electron chi connectivity index (χ0n) is 12.8. The number of nitrogens with one attached hydrogen (secondary N) is 3. The molecular weight excluding hydrogens is 300 g/mol. The van der Waals surface area contributed by atoms with Crippen molar-refractivity contribution in [3.8, 4) is 0 Å². The van der Waals surface area contributed by atoms with Gasteiger partial charge in [-0.1, -0.05) is 12.1 Å². The molecule has 0 fully saturated rings. The van der Waals surface area contributed by atoms with Crippen LogP contribution in [0.15, 0.2) is 24.3 Å². The van der Waals surface area contributed by atoms with Crippen molar-refractivity contribution in [2.75, 3.05) is 26.7 Å². The molecule has 0 aliphatic carbocycles. The Kier molecular flexibility index (Phi) is 5.85. The molecule has 0 saturated heterocycles. The maximum Gasteiger partial charge on any atom is 0.275 e. The molecule has 2 rings (SSSR count). The van der Waals surface area contributed by atoms with Crippen LogP contribution in [0.1, 0.15) is 11.9 Å².